The van der Waals surface area contributed by atoms with Gasteiger partial charge in [0.2, 0.25) is 0 Å². The molecule has 0 spiro atoms. The summed E-state index contributed by atoms with van der Waals surface area (Å²) in [5.41, 5.74) is 1.44. The van der Waals surface area contributed by atoms with Crippen LogP contribution in [0, 0.1) is 0 Å². The number of carboxylic acids is 1. The zero-order valence-corrected chi connectivity index (χ0v) is 11.0. The fourth-order valence-electron chi connectivity index (χ4n) is 2.13. The van der Waals surface area contributed by atoms with Gasteiger partial charge in [0.25, 0.3) is 0 Å². The predicted octanol–water partition coefficient (Wildman–Crippen LogP) is 1.46. The lowest BCUT2D eigenvalue weighted by Crippen LogP contribution is -2.40. The second-order valence-electron chi connectivity index (χ2n) is 4.63. The van der Waals surface area contributed by atoms with Crippen LogP contribution < -0.4 is 5.32 Å². The Morgan fingerprint density at radius 2 is 2.11 bits per heavy atom. The third-order valence-corrected chi connectivity index (χ3v) is 5.17. The molecule has 1 aromatic carbocycles. The van der Waals surface area contributed by atoms with Crippen LogP contribution in [0.25, 0.3) is 0 Å². The first-order valence-corrected chi connectivity index (χ1v) is 7.24. The quantitative estimate of drug-likeness (QED) is 0.849. The molecule has 2 rings (SSSR count). The molecule has 0 aliphatic carbocycles. The summed E-state index contributed by atoms with van der Waals surface area (Å²) in [7, 11) is -3.80. The smallest absolute Gasteiger partial charge is 0.324 e. The molecule has 0 fully saturated rings. The minimum Gasteiger partial charge on any atom is -0.480 e. The Bertz CT molecular complexity index is 592. The van der Waals surface area contributed by atoms with E-state index in [0.29, 0.717) is 5.69 Å². The molecule has 1 heterocycles. The summed E-state index contributed by atoms with van der Waals surface area (Å²) < 4.78 is 24.4. The number of anilines is 1. The number of hydrogen-bond acceptors (Lipinski definition) is 4. The summed E-state index contributed by atoms with van der Waals surface area (Å²) in [5.74, 6) is -1.15. The molecule has 0 bridgehead atoms. The van der Waals surface area contributed by atoms with Gasteiger partial charge < -0.3 is 10.4 Å². The molecule has 1 unspecified atom stereocenters. The van der Waals surface area contributed by atoms with E-state index in [1.165, 1.54) is 6.07 Å². The number of sulfone groups is 1. The molecule has 1 aliphatic rings. The molecule has 98 valence electrons. The van der Waals surface area contributed by atoms with Gasteiger partial charge in [-0.05, 0) is 17.5 Å². The van der Waals surface area contributed by atoms with Crippen molar-refractivity contribution in [2.45, 2.75) is 29.9 Å². The molecule has 2 N–H and O–H groups in total. The lowest BCUT2D eigenvalue weighted by Gasteiger charge is -2.26. The van der Waals surface area contributed by atoms with E-state index >= 15 is 0 Å². The number of fused-ring (bicyclic) bond motifs is 1. The normalized spacial score (nSPS) is 21.2. The van der Waals surface area contributed by atoms with Gasteiger partial charge in [-0.3, -0.25) is 4.79 Å². The molecule has 0 saturated carbocycles. The number of carboxylic acid groups (broad SMARTS) is 1. The minimum absolute atomic E-state index is 0.0889. The zero-order valence-electron chi connectivity index (χ0n) is 10.2. The highest BCUT2D eigenvalue weighted by Crippen LogP contribution is 2.35. The van der Waals surface area contributed by atoms with Crippen molar-refractivity contribution in [1.29, 1.82) is 0 Å². The van der Waals surface area contributed by atoms with E-state index in [4.69, 9.17) is 5.11 Å². The second kappa shape index (κ2) is 4.28. The molecule has 0 aromatic heterocycles. The molecular formula is C12H15NO4S. The van der Waals surface area contributed by atoms with Gasteiger partial charge in [0.05, 0.1) is 10.6 Å². The van der Waals surface area contributed by atoms with E-state index in [-0.39, 0.29) is 17.4 Å². The second-order valence-corrected chi connectivity index (χ2v) is 6.73. The van der Waals surface area contributed by atoms with Crippen molar-refractivity contribution >= 4 is 21.5 Å². The highest BCUT2D eigenvalue weighted by atomic mass is 32.2. The lowest BCUT2D eigenvalue weighted by atomic mass is 10.0. The fraction of sp³-hybridized carbons (Fsp3) is 0.417. The van der Waals surface area contributed by atoms with Crippen LogP contribution in [0.5, 0.6) is 0 Å². The average molecular weight is 269 g/mol. The lowest BCUT2D eigenvalue weighted by molar-refractivity contribution is -0.136. The van der Waals surface area contributed by atoms with E-state index in [2.05, 4.69) is 5.32 Å². The first-order valence-electron chi connectivity index (χ1n) is 5.69. The Morgan fingerprint density at radius 3 is 2.67 bits per heavy atom. The van der Waals surface area contributed by atoms with Crippen LogP contribution >= 0.6 is 0 Å². The topological polar surface area (TPSA) is 83.5 Å². The number of para-hydroxylation sites is 1. The van der Waals surface area contributed by atoms with Gasteiger partial charge in [-0.15, -0.1) is 0 Å². The van der Waals surface area contributed by atoms with Crippen molar-refractivity contribution in [3.63, 3.8) is 0 Å². The van der Waals surface area contributed by atoms with Gasteiger partial charge in [0.15, 0.2) is 15.1 Å². The highest BCUT2D eigenvalue weighted by Gasteiger charge is 2.39. The van der Waals surface area contributed by atoms with Crippen LogP contribution in [0.1, 0.15) is 25.3 Å². The van der Waals surface area contributed by atoms with Crippen molar-refractivity contribution in [3.8, 4) is 0 Å². The Morgan fingerprint density at radius 1 is 1.44 bits per heavy atom. The molecule has 18 heavy (non-hydrogen) atoms. The van der Waals surface area contributed by atoms with Crippen molar-refractivity contribution in [2.24, 2.45) is 0 Å². The predicted molar refractivity (Wildman–Crippen MR) is 67.6 cm³/mol. The van der Waals surface area contributed by atoms with Gasteiger partial charge in [0.1, 0.15) is 0 Å². The Kier molecular flexibility index (Phi) is 3.06. The summed E-state index contributed by atoms with van der Waals surface area (Å²) in [4.78, 5) is 11.1. The third kappa shape index (κ3) is 1.86. The molecule has 5 nitrogen and oxygen atoms in total. The Balaban J connectivity index is 2.64. The summed E-state index contributed by atoms with van der Waals surface area (Å²) in [6, 6.07) is 4.96. The van der Waals surface area contributed by atoms with Crippen molar-refractivity contribution in [3.05, 3.63) is 23.8 Å². The van der Waals surface area contributed by atoms with Gasteiger partial charge in [-0.2, -0.15) is 0 Å². The van der Waals surface area contributed by atoms with E-state index in [1.54, 1.807) is 6.07 Å². The summed E-state index contributed by atoms with van der Waals surface area (Å²) in [5, 5.41) is 10.5. The van der Waals surface area contributed by atoms with Gasteiger partial charge in [-0.25, -0.2) is 8.42 Å². The number of carbonyl (C=O) groups is 1. The zero-order chi connectivity index (χ0) is 13.5. The fourth-order valence-corrected chi connectivity index (χ4v) is 3.75. The van der Waals surface area contributed by atoms with Crippen LogP contribution in [-0.4, -0.2) is 31.3 Å². The molecule has 0 amide bonds. The van der Waals surface area contributed by atoms with E-state index in [1.807, 2.05) is 19.9 Å². The highest BCUT2D eigenvalue weighted by molar-refractivity contribution is 7.93. The molecule has 1 aromatic rings. The first kappa shape index (κ1) is 12.9. The third-order valence-electron chi connectivity index (χ3n) is 3.10. The van der Waals surface area contributed by atoms with E-state index < -0.39 is 21.1 Å². The van der Waals surface area contributed by atoms with E-state index in [0.717, 1.165) is 5.56 Å². The molecule has 0 radical (unpaired) electrons. The van der Waals surface area contributed by atoms with E-state index in [9.17, 15) is 13.2 Å². The Hall–Kier alpha value is -1.56. The largest absolute Gasteiger partial charge is 0.480 e. The number of hydrogen-bond donors (Lipinski definition) is 2. The summed E-state index contributed by atoms with van der Waals surface area (Å²) >= 11 is 0. The minimum atomic E-state index is -3.80. The maximum Gasteiger partial charge on any atom is 0.324 e. The maximum atomic E-state index is 12.2. The summed E-state index contributed by atoms with van der Waals surface area (Å²) in [6.07, 6.45) is 0. The van der Waals surface area contributed by atoms with Crippen molar-refractivity contribution < 1.29 is 18.3 Å². The molecule has 1 aliphatic heterocycles. The molecule has 6 heteroatoms. The first-order chi connectivity index (χ1) is 8.35. The van der Waals surface area contributed by atoms with Crippen LogP contribution in [0.4, 0.5) is 5.69 Å². The number of aliphatic carboxylic acids is 1. The summed E-state index contributed by atoms with van der Waals surface area (Å²) in [6.45, 7) is 3.84. The molecular weight excluding hydrogens is 254 g/mol. The van der Waals surface area contributed by atoms with Crippen molar-refractivity contribution in [1.82, 2.24) is 0 Å². The number of rotatable bonds is 2. The monoisotopic (exact) mass is 269 g/mol. The van der Waals surface area contributed by atoms with Gasteiger partial charge in [0, 0.05) is 6.54 Å². The SMILES string of the molecule is CC(C)c1cccc2c1NCC(C(=O)O)S2(=O)=O. The van der Waals surface area contributed by atoms with Crippen LogP contribution in [0.3, 0.4) is 0 Å². The van der Waals surface area contributed by atoms with Crippen LogP contribution in [0.15, 0.2) is 23.1 Å². The number of benzene rings is 1. The van der Waals surface area contributed by atoms with Crippen LogP contribution in [-0.2, 0) is 14.6 Å². The van der Waals surface area contributed by atoms with Crippen LogP contribution in [0.2, 0.25) is 0 Å². The van der Waals surface area contributed by atoms with Gasteiger partial charge in [-0.1, -0.05) is 26.0 Å². The Labute approximate surface area is 106 Å². The molecule has 0 saturated heterocycles. The maximum absolute atomic E-state index is 12.2. The standard InChI is InChI=1S/C12H15NO4S/c1-7(2)8-4-3-5-9-11(8)13-6-10(12(14)15)18(9,16)17/h3-5,7,10,13H,6H2,1-2H3,(H,14,15). The number of nitrogens with one attached hydrogen (secondary N) is 1. The van der Waals surface area contributed by atoms with Crippen molar-refractivity contribution in [2.75, 3.05) is 11.9 Å². The average Bonchev–Trinajstić information content (AvgIpc) is 2.27. The molecule has 1 atom stereocenters. The van der Waals surface area contributed by atoms with Gasteiger partial charge >= 0.3 is 5.97 Å².